The monoisotopic (exact) mass is 417 g/mol. The van der Waals surface area contributed by atoms with Gasteiger partial charge in [-0.1, -0.05) is 49.4 Å². The molecule has 2 heterocycles. The molecule has 6 heteroatoms. The number of benzene rings is 2. The van der Waals surface area contributed by atoms with Crippen molar-refractivity contribution in [1.82, 2.24) is 4.90 Å². The summed E-state index contributed by atoms with van der Waals surface area (Å²) in [5.74, 6) is -0.586. The Balaban J connectivity index is 1.88. The van der Waals surface area contributed by atoms with Crippen LogP contribution in [0.15, 0.2) is 76.9 Å². The van der Waals surface area contributed by atoms with Crippen LogP contribution in [0.5, 0.6) is 5.75 Å². The van der Waals surface area contributed by atoms with Gasteiger partial charge in [0.1, 0.15) is 17.3 Å². The molecule has 1 aliphatic rings. The van der Waals surface area contributed by atoms with Crippen LogP contribution in [0.25, 0.3) is 5.76 Å². The molecule has 31 heavy (non-hydrogen) atoms. The molecule has 1 N–H and O–H groups in total. The summed E-state index contributed by atoms with van der Waals surface area (Å²) in [7, 11) is 1.53. The Labute approximate surface area is 180 Å². The molecule has 1 aliphatic heterocycles. The average Bonchev–Trinajstić information content (AvgIpc) is 3.41. The molecule has 158 valence electrons. The molecule has 1 unspecified atom stereocenters. The zero-order valence-electron chi connectivity index (χ0n) is 17.4. The first-order chi connectivity index (χ1) is 15.0. The molecular weight excluding hydrogens is 394 g/mol. The molecule has 0 radical (unpaired) electrons. The average molecular weight is 417 g/mol. The molecule has 1 amide bonds. The van der Waals surface area contributed by atoms with Crippen molar-refractivity contribution in [2.24, 2.45) is 0 Å². The van der Waals surface area contributed by atoms with E-state index in [9.17, 15) is 14.7 Å². The summed E-state index contributed by atoms with van der Waals surface area (Å²) in [6.45, 7) is 2.13. The van der Waals surface area contributed by atoms with E-state index in [1.54, 1.807) is 42.5 Å². The highest BCUT2D eigenvalue weighted by molar-refractivity contribution is 6.46. The van der Waals surface area contributed by atoms with Crippen molar-refractivity contribution in [2.45, 2.75) is 25.9 Å². The molecule has 2 aromatic carbocycles. The number of furan rings is 1. The molecule has 0 bridgehead atoms. The summed E-state index contributed by atoms with van der Waals surface area (Å²) in [6.07, 6.45) is 2.37. The van der Waals surface area contributed by atoms with Crippen LogP contribution in [-0.4, -0.2) is 28.8 Å². The van der Waals surface area contributed by atoms with Crippen LogP contribution >= 0.6 is 0 Å². The normalized spacial score (nSPS) is 17.9. The van der Waals surface area contributed by atoms with Crippen LogP contribution in [-0.2, 0) is 22.6 Å². The van der Waals surface area contributed by atoms with E-state index in [1.807, 2.05) is 25.1 Å². The summed E-state index contributed by atoms with van der Waals surface area (Å²) < 4.78 is 10.9. The van der Waals surface area contributed by atoms with Gasteiger partial charge in [0, 0.05) is 11.1 Å². The molecule has 1 atom stereocenters. The van der Waals surface area contributed by atoms with Crippen molar-refractivity contribution >= 4 is 17.4 Å². The summed E-state index contributed by atoms with van der Waals surface area (Å²) in [4.78, 5) is 27.5. The number of hydrogen-bond donors (Lipinski definition) is 1. The number of rotatable bonds is 6. The van der Waals surface area contributed by atoms with Crippen molar-refractivity contribution in [3.8, 4) is 5.75 Å². The maximum atomic E-state index is 13.1. The van der Waals surface area contributed by atoms with Crippen LogP contribution in [0.3, 0.4) is 0 Å². The lowest BCUT2D eigenvalue weighted by Gasteiger charge is -2.25. The van der Waals surface area contributed by atoms with Gasteiger partial charge in [0.2, 0.25) is 0 Å². The molecule has 0 saturated carbocycles. The maximum Gasteiger partial charge on any atom is 0.296 e. The summed E-state index contributed by atoms with van der Waals surface area (Å²) in [5, 5.41) is 11.1. The number of para-hydroxylation sites is 1. The van der Waals surface area contributed by atoms with Gasteiger partial charge in [-0.3, -0.25) is 9.59 Å². The van der Waals surface area contributed by atoms with E-state index in [2.05, 4.69) is 0 Å². The van der Waals surface area contributed by atoms with Crippen LogP contribution in [0.4, 0.5) is 0 Å². The minimum absolute atomic E-state index is 0.0327. The number of aliphatic hydroxyl groups excluding tert-OH is 1. The van der Waals surface area contributed by atoms with Crippen LogP contribution < -0.4 is 4.74 Å². The molecule has 0 spiro atoms. The van der Waals surface area contributed by atoms with Gasteiger partial charge in [-0.05, 0) is 30.2 Å². The number of hydrogen-bond acceptors (Lipinski definition) is 5. The minimum Gasteiger partial charge on any atom is -0.507 e. The fourth-order valence-corrected chi connectivity index (χ4v) is 3.88. The molecule has 0 aliphatic carbocycles. The summed E-state index contributed by atoms with van der Waals surface area (Å²) in [5.41, 5.74) is 2.23. The van der Waals surface area contributed by atoms with Gasteiger partial charge in [0.25, 0.3) is 11.7 Å². The number of Topliss-reactive ketones (excluding diaryl/α,β-unsaturated/α-hetero) is 1. The topological polar surface area (TPSA) is 80.0 Å². The fourth-order valence-electron chi connectivity index (χ4n) is 3.88. The maximum absolute atomic E-state index is 13.1. The predicted octanol–water partition coefficient (Wildman–Crippen LogP) is 4.47. The van der Waals surface area contributed by atoms with Gasteiger partial charge in [-0.25, -0.2) is 0 Å². The first kappa shape index (κ1) is 20.5. The number of aliphatic hydroxyl groups is 1. The highest BCUT2D eigenvalue weighted by atomic mass is 16.5. The first-order valence-electron chi connectivity index (χ1n) is 10.1. The molecule has 6 nitrogen and oxygen atoms in total. The lowest BCUT2D eigenvalue weighted by Crippen LogP contribution is -2.29. The van der Waals surface area contributed by atoms with E-state index in [0.29, 0.717) is 22.6 Å². The van der Waals surface area contributed by atoms with E-state index in [0.717, 1.165) is 12.0 Å². The van der Waals surface area contributed by atoms with Gasteiger partial charge in [-0.2, -0.15) is 0 Å². The van der Waals surface area contributed by atoms with E-state index in [-0.39, 0.29) is 17.9 Å². The minimum atomic E-state index is -0.813. The smallest absolute Gasteiger partial charge is 0.296 e. The molecule has 1 saturated heterocycles. The number of carbonyl (C=O) groups excluding carboxylic acids is 2. The van der Waals surface area contributed by atoms with Crippen LogP contribution in [0, 0.1) is 0 Å². The SMILES string of the molecule is CCc1ccc(/C(O)=C2/C(=O)C(=O)N(Cc3ccco3)C2c2ccccc2OC)cc1. The van der Waals surface area contributed by atoms with E-state index >= 15 is 0 Å². The third kappa shape index (κ3) is 3.72. The lowest BCUT2D eigenvalue weighted by atomic mass is 9.94. The number of likely N-dealkylation sites (tertiary alicyclic amines) is 1. The predicted molar refractivity (Wildman–Crippen MR) is 115 cm³/mol. The number of amides is 1. The quantitative estimate of drug-likeness (QED) is 0.364. The number of ketones is 1. The van der Waals surface area contributed by atoms with E-state index in [1.165, 1.54) is 18.3 Å². The third-order valence-corrected chi connectivity index (χ3v) is 5.52. The van der Waals surface area contributed by atoms with Gasteiger partial charge in [0.15, 0.2) is 0 Å². The van der Waals surface area contributed by atoms with Gasteiger partial charge >= 0.3 is 0 Å². The summed E-state index contributed by atoms with van der Waals surface area (Å²) >= 11 is 0. The Morgan fingerprint density at radius 3 is 2.45 bits per heavy atom. The molecular formula is C25H23NO5. The number of ether oxygens (including phenoxy) is 1. The van der Waals surface area contributed by atoms with Crippen molar-refractivity contribution < 1.29 is 23.8 Å². The molecule has 3 aromatic rings. The zero-order chi connectivity index (χ0) is 22.0. The Morgan fingerprint density at radius 2 is 1.81 bits per heavy atom. The molecule has 1 aromatic heterocycles. The second-order valence-corrected chi connectivity index (χ2v) is 7.30. The Hall–Kier alpha value is -3.80. The number of methoxy groups -OCH3 is 1. The first-order valence-corrected chi connectivity index (χ1v) is 10.1. The van der Waals surface area contributed by atoms with Gasteiger partial charge < -0.3 is 19.2 Å². The molecule has 1 fully saturated rings. The van der Waals surface area contributed by atoms with Crippen molar-refractivity contribution in [1.29, 1.82) is 0 Å². The van der Waals surface area contributed by atoms with Crippen LogP contribution in [0.1, 0.15) is 35.4 Å². The Kier molecular flexibility index (Phi) is 5.62. The Bertz CT molecular complexity index is 1130. The standard InChI is InChI=1S/C25H23NO5/c1-3-16-10-12-17(13-11-16)23(27)21-22(19-8-4-5-9-20(19)30-2)26(25(29)24(21)28)15-18-7-6-14-31-18/h4-14,22,27H,3,15H2,1-2H3/b23-21-. The Morgan fingerprint density at radius 1 is 1.06 bits per heavy atom. The zero-order valence-corrected chi connectivity index (χ0v) is 17.4. The van der Waals surface area contributed by atoms with Crippen molar-refractivity contribution in [3.05, 3.63) is 95.0 Å². The van der Waals surface area contributed by atoms with Gasteiger partial charge in [0.05, 0.1) is 31.5 Å². The van der Waals surface area contributed by atoms with Crippen LogP contribution in [0.2, 0.25) is 0 Å². The van der Waals surface area contributed by atoms with Gasteiger partial charge in [-0.15, -0.1) is 0 Å². The second kappa shape index (κ2) is 8.52. The lowest BCUT2D eigenvalue weighted by molar-refractivity contribution is -0.140. The highest BCUT2D eigenvalue weighted by Gasteiger charge is 2.47. The fraction of sp³-hybridized carbons (Fsp3) is 0.200. The van der Waals surface area contributed by atoms with E-state index in [4.69, 9.17) is 9.15 Å². The number of carbonyl (C=O) groups is 2. The van der Waals surface area contributed by atoms with Crippen molar-refractivity contribution in [3.63, 3.8) is 0 Å². The molecule has 4 rings (SSSR count). The highest BCUT2D eigenvalue weighted by Crippen LogP contribution is 2.43. The number of aryl methyl sites for hydroxylation is 1. The van der Waals surface area contributed by atoms with Crippen molar-refractivity contribution in [2.75, 3.05) is 7.11 Å². The third-order valence-electron chi connectivity index (χ3n) is 5.52. The number of nitrogens with zero attached hydrogens (tertiary/aromatic N) is 1. The largest absolute Gasteiger partial charge is 0.507 e. The van der Waals surface area contributed by atoms with E-state index < -0.39 is 17.7 Å². The summed E-state index contributed by atoms with van der Waals surface area (Å²) in [6, 6.07) is 17.1. The second-order valence-electron chi connectivity index (χ2n) is 7.30.